The summed E-state index contributed by atoms with van der Waals surface area (Å²) in [6, 6.07) is 11.4. The molecule has 0 radical (unpaired) electrons. The average Bonchev–Trinajstić information content (AvgIpc) is 2.82. The lowest BCUT2D eigenvalue weighted by Crippen LogP contribution is -2.56. The number of carbonyl (C=O) groups excluding carboxylic acids is 2. The molecule has 1 N–H and O–H groups in total. The molecule has 1 saturated heterocycles. The van der Waals surface area contributed by atoms with Crippen LogP contribution in [0.2, 0.25) is 0 Å². The molecule has 35 heavy (non-hydrogen) atoms. The summed E-state index contributed by atoms with van der Waals surface area (Å²) in [5.74, 6) is -2.37. The Bertz CT molecular complexity index is 1040. The van der Waals surface area contributed by atoms with Gasteiger partial charge in [0.05, 0.1) is 39.1 Å². The van der Waals surface area contributed by atoms with Gasteiger partial charge >= 0.3 is 18.1 Å². The van der Waals surface area contributed by atoms with Gasteiger partial charge in [0, 0.05) is 6.42 Å². The number of methoxy groups -OCH3 is 2. The van der Waals surface area contributed by atoms with E-state index in [0.717, 1.165) is 5.56 Å². The van der Waals surface area contributed by atoms with Crippen LogP contribution in [0.5, 0.6) is 5.75 Å². The molecule has 2 aromatic rings. The van der Waals surface area contributed by atoms with E-state index in [1.54, 1.807) is 26.0 Å². The molecular weight excluding hydrogens is 467 g/mol. The Morgan fingerprint density at radius 2 is 1.80 bits per heavy atom. The van der Waals surface area contributed by atoms with Crippen molar-refractivity contribution in [3.63, 3.8) is 0 Å². The molecule has 0 saturated carbocycles. The minimum Gasteiger partial charge on any atom is -0.496 e. The van der Waals surface area contributed by atoms with E-state index < -0.39 is 42.4 Å². The van der Waals surface area contributed by atoms with Crippen molar-refractivity contribution >= 4 is 11.9 Å². The first-order chi connectivity index (χ1) is 16.6. The van der Waals surface area contributed by atoms with Crippen molar-refractivity contribution in [2.45, 2.75) is 57.4 Å². The van der Waals surface area contributed by atoms with Crippen LogP contribution in [0, 0.1) is 6.92 Å². The number of halogens is 3. The smallest absolute Gasteiger partial charge is 0.471 e. The maximum absolute atomic E-state index is 13.1. The second-order valence-electron chi connectivity index (χ2n) is 8.25. The van der Waals surface area contributed by atoms with E-state index in [1.165, 1.54) is 14.2 Å². The molecule has 7 nitrogen and oxygen atoms in total. The zero-order chi connectivity index (χ0) is 25.8. The van der Waals surface area contributed by atoms with Crippen molar-refractivity contribution in [2.24, 2.45) is 0 Å². The van der Waals surface area contributed by atoms with Crippen LogP contribution in [0.15, 0.2) is 42.5 Å². The topological polar surface area (TPSA) is 83.1 Å². The van der Waals surface area contributed by atoms with Gasteiger partial charge in [-0.25, -0.2) is 4.79 Å². The number of hydrogen-bond acceptors (Lipinski definition) is 6. The summed E-state index contributed by atoms with van der Waals surface area (Å²) >= 11 is 0. The summed E-state index contributed by atoms with van der Waals surface area (Å²) in [7, 11) is 2.65. The predicted octanol–water partition coefficient (Wildman–Crippen LogP) is 4.27. The quantitative estimate of drug-likeness (QED) is 0.578. The fourth-order valence-corrected chi connectivity index (χ4v) is 4.27. The van der Waals surface area contributed by atoms with E-state index in [4.69, 9.17) is 18.9 Å². The maximum atomic E-state index is 13.1. The van der Waals surface area contributed by atoms with Crippen molar-refractivity contribution in [3.8, 4) is 5.75 Å². The molecule has 3 rings (SSSR count). The molecule has 0 aliphatic carbocycles. The van der Waals surface area contributed by atoms with Crippen LogP contribution in [0.25, 0.3) is 0 Å². The molecule has 4 atom stereocenters. The number of ether oxygens (including phenoxy) is 4. The average molecular weight is 495 g/mol. The van der Waals surface area contributed by atoms with Gasteiger partial charge in [0.2, 0.25) is 0 Å². The van der Waals surface area contributed by atoms with Crippen molar-refractivity contribution in [2.75, 3.05) is 14.2 Å². The molecule has 2 aromatic carbocycles. The Morgan fingerprint density at radius 1 is 1.11 bits per heavy atom. The van der Waals surface area contributed by atoms with Gasteiger partial charge in [0.15, 0.2) is 0 Å². The van der Waals surface area contributed by atoms with Crippen LogP contribution in [-0.2, 0) is 25.6 Å². The van der Waals surface area contributed by atoms with E-state index in [-0.39, 0.29) is 18.6 Å². The van der Waals surface area contributed by atoms with E-state index >= 15 is 0 Å². The molecule has 0 aromatic heterocycles. The molecule has 1 aliphatic heterocycles. The minimum atomic E-state index is -5.05. The Morgan fingerprint density at radius 3 is 2.40 bits per heavy atom. The van der Waals surface area contributed by atoms with Crippen LogP contribution in [0.3, 0.4) is 0 Å². The second-order valence-corrected chi connectivity index (χ2v) is 8.25. The molecule has 1 amide bonds. The summed E-state index contributed by atoms with van der Waals surface area (Å²) in [6.45, 7) is 3.49. The summed E-state index contributed by atoms with van der Waals surface area (Å²) < 4.78 is 61.4. The van der Waals surface area contributed by atoms with Gasteiger partial charge in [0.25, 0.3) is 0 Å². The summed E-state index contributed by atoms with van der Waals surface area (Å²) in [5, 5.41) is 2.08. The number of esters is 1. The standard InChI is InChI=1S/C25H28F3NO6/c1-14-17(10-11-19(32-3)21(14)23(30)33-4)20-12-18(29-24(31)25(26,27)28)22(15(2)35-20)34-13-16-8-6-5-7-9-16/h5-11,15,18,20,22H,12-13H2,1-4H3,(H,29,31)/t15-,18+,20-,22-/m1/s1. The first-order valence-corrected chi connectivity index (χ1v) is 11.0. The van der Waals surface area contributed by atoms with Crippen molar-refractivity contribution < 1.29 is 41.7 Å². The molecule has 1 fully saturated rings. The third-order valence-corrected chi connectivity index (χ3v) is 5.99. The molecule has 0 spiro atoms. The highest BCUT2D eigenvalue weighted by atomic mass is 19.4. The SMILES string of the molecule is COC(=O)c1c(OC)ccc([C@H]2C[C@H](NC(=O)C(F)(F)F)[C@H](OCc3ccccc3)[C@@H](C)O2)c1C. The first kappa shape index (κ1) is 26.5. The Hall–Kier alpha value is -3.11. The lowest BCUT2D eigenvalue weighted by molar-refractivity contribution is -0.183. The predicted molar refractivity (Wildman–Crippen MR) is 120 cm³/mol. The zero-order valence-electron chi connectivity index (χ0n) is 19.8. The van der Waals surface area contributed by atoms with E-state index in [0.29, 0.717) is 16.9 Å². The number of alkyl halides is 3. The third kappa shape index (κ3) is 6.12. The zero-order valence-corrected chi connectivity index (χ0v) is 19.8. The van der Waals surface area contributed by atoms with Gasteiger partial charge in [-0.05, 0) is 36.6 Å². The van der Waals surface area contributed by atoms with Gasteiger partial charge in [-0.3, -0.25) is 4.79 Å². The Kier molecular flexibility index (Phi) is 8.39. The number of benzene rings is 2. The lowest BCUT2D eigenvalue weighted by atomic mass is 9.88. The number of hydrogen-bond donors (Lipinski definition) is 1. The lowest BCUT2D eigenvalue weighted by Gasteiger charge is -2.41. The van der Waals surface area contributed by atoms with Crippen LogP contribution in [0.4, 0.5) is 13.2 Å². The Labute approximate surface area is 201 Å². The van der Waals surface area contributed by atoms with Crippen LogP contribution in [-0.4, -0.2) is 50.5 Å². The number of carbonyl (C=O) groups is 2. The van der Waals surface area contributed by atoms with E-state index in [9.17, 15) is 22.8 Å². The molecule has 0 bridgehead atoms. The summed E-state index contributed by atoms with van der Waals surface area (Å²) in [6.07, 6.45) is -7.26. The second kappa shape index (κ2) is 11.1. The highest BCUT2D eigenvalue weighted by molar-refractivity contribution is 5.94. The highest BCUT2D eigenvalue weighted by Gasteiger charge is 2.45. The van der Waals surface area contributed by atoms with Crippen molar-refractivity contribution in [3.05, 3.63) is 64.7 Å². The van der Waals surface area contributed by atoms with Gasteiger partial charge in [-0.2, -0.15) is 13.2 Å². The fraction of sp³-hybridized carbons (Fsp3) is 0.440. The van der Waals surface area contributed by atoms with Gasteiger partial charge < -0.3 is 24.3 Å². The summed E-state index contributed by atoms with van der Waals surface area (Å²) in [5.41, 5.74) is 2.11. The monoisotopic (exact) mass is 495 g/mol. The Balaban J connectivity index is 1.91. The van der Waals surface area contributed by atoms with E-state index in [2.05, 4.69) is 5.32 Å². The van der Waals surface area contributed by atoms with Crippen molar-refractivity contribution in [1.82, 2.24) is 5.32 Å². The van der Waals surface area contributed by atoms with Crippen LogP contribution in [0.1, 0.15) is 46.5 Å². The fourth-order valence-electron chi connectivity index (χ4n) is 4.27. The highest BCUT2D eigenvalue weighted by Crippen LogP contribution is 2.38. The largest absolute Gasteiger partial charge is 0.496 e. The molecule has 10 heteroatoms. The number of amides is 1. The van der Waals surface area contributed by atoms with Crippen molar-refractivity contribution in [1.29, 1.82) is 0 Å². The maximum Gasteiger partial charge on any atom is 0.471 e. The molecule has 190 valence electrons. The summed E-state index contributed by atoms with van der Waals surface area (Å²) in [4.78, 5) is 24.2. The van der Waals surface area contributed by atoms with Gasteiger partial charge in [-0.15, -0.1) is 0 Å². The molecule has 1 heterocycles. The number of nitrogens with one attached hydrogen (secondary N) is 1. The first-order valence-electron chi connectivity index (χ1n) is 11.0. The molecule has 1 aliphatic rings. The van der Waals surface area contributed by atoms with Gasteiger partial charge in [-0.1, -0.05) is 36.4 Å². The van der Waals surface area contributed by atoms with Gasteiger partial charge in [0.1, 0.15) is 17.4 Å². The van der Waals surface area contributed by atoms with E-state index in [1.807, 2.05) is 30.3 Å². The van der Waals surface area contributed by atoms with Crippen LogP contribution < -0.4 is 10.1 Å². The number of rotatable bonds is 7. The van der Waals surface area contributed by atoms with Crippen LogP contribution >= 0.6 is 0 Å². The molecular formula is C25H28F3NO6. The molecule has 0 unspecified atom stereocenters. The minimum absolute atomic E-state index is 0.000597. The third-order valence-electron chi connectivity index (χ3n) is 5.99. The normalized spacial score (nSPS) is 22.4.